The van der Waals surface area contributed by atoms with Crippen LogP contribution in [0.3, 0.4) is 0 Å². The van der Waals surface area contributed by atoms with Gasteiger partial charge in [0.05, 0.1) is 6.61 Å². The number of carboxylic acids is 1. The lowest BCUT2D eigenvalue weighted by Gasteiger charge is -2.33. The van der Waals surface area contributed by atoms with Gasteiger partial charge in [0, 0.05) is 11.8 Å². The normalized spacial score (nSPS) is 14.2. The highest BCUT2D eigenvalue weighted by Gasteiger charge is 2.40. The van der Waals surface area contributed by atoms with E-state index in [1.807, 2.05) is 44.2 Å². The molecule has 0 spiro atoms. The second-order valence-corrected chi connectivity index (χ2v) is 6.19. The summed E-state index contributed by atoms with van der Waals surface area (Å²) in [4.78, 5) is 11.9. The van der Waals surface area contributed by atoms with Crippen molar-refractivity contribution in [3.05, 3.63) is 35.9 Å². The molecular weight excluding hydrogens is 274 g/mol. The molecular formula is C15H23NO3S. The number of hydrogen-bond donors (Lipinski definition) is 3. The summed E-state index contributed by atoms with van der Waals surface area (Å²) in [6.07, 6.45) is 0.481. The fourth-order valence-corrected chi connectivity index (χ4v) is 2.98. The lowest BCUT2D eigenvalue weighted by molar-refractivity contribution is -0.146. The average Bonchev–Trinajstić information content (AvgIpc) is 2.42. The molecule has 20 heavy (non-hydrogen) atoms. The highest BCUT2D eigenvalue weighted by atomic mass is 32.2. The summed E-state index contributed by atoms with van der Waals surface area (Å²) in [6.45, 7) is 4.01. The summed E-state index contributed by atoms with van der Waals surface area (Å²) >= 11 is 1.57. The maximum atomic E-state index is 11.9. The first-order valence-electron chi connectivity index (χ1n) is 6.78. The van der Waals surface area contributed by atoms with Crippen molar-refractivity contribution < 1.29 is 15.0 Å². The average molecular weight is 297 g/mol. The quantitative estimate of drug-likeness (QED) is 0.609. The molecule has 1 atom stereocenters. The minimum Gasteiger partial charge on any atom is -0.480 e. The van der Waals surface area contributed by atoms with Crippen molar-refractivity contribution in [3.63, 3.8) is 0 Å². The number of aliphatic hydroxyl groups is 1. The first-order valence-corrected chi connectivity index (χ1v) is 7.93. The van der Waals surface area contributed by atoms with Gasteiger partial charge in [-0.15, -0.1) is 0 Å². The Balaban J connectivity index is 2.99. The monoisotopic (exact) mass is 297 g/mol. The molecule has 0 bridgehead atoms. The second-order valence-electron chi connectivity index (χ2n) is 4.96. The Bertz CT molecular complexity index is 411. The molecule has 0 fully saturated rings. The van der Waals surface area contributed by atoms with Crippen LogP contribution in [0.1, 0.15) is 25.8 Å². The molecule has 1 unspecified atom stereocenters. The molecule has 112 valence electrons. The molecule has 1 rings (SSSR count). The van der Waals surface area contributed by atoms with Crippen molar-refractivity contribution in [2.45, 2.75) is 31.8 Å². The largest absolute Gasteiger partial charge is 0.480 e. The summed E-state index contributed by atoms with van der Waals surface area (Å²) in [5.41, 5.74) is -0.302. The van der Waals surface area contributed by atoms with Gasteiger partial charge in [-0.05, 0) is 31.6 Å². The molecule has 0 aliphatic rings. The van der Waals surface area contributed by atoms with Gasteiger partial charge in [-0.3, -0.25) is 5.32 Å². The van der Waals surface area contributed by atoms with Crippen LogP contribution in [0.15, 0.2) is 30.3 Å². The Morgan fingerprint density at radius 3 is 2.45 bits per heavy atom. The number of nitrogens with one attached hydrogen (secondary N) is 1. The zero-order valence-electron chi connectivity index (χ0n) is 12.0. The van der Waals surface area contributed by atoms with Gasteiger partial charge in [0.1, 0.15) is 5.54 Å². The lowest BCUT2D eigenvalue weighted by atomic mass is 9.86. The van der Waals surface area contributed by atoms with Crippen molar-refractivity contribution in [2.75, 3.05) is 18.1 Å². The highest BCUT2D eigenvalue weighted by Crippen LogP contribution is 2.28. The van der Waals surface area contributed by atoms with Crippen molar-refractivity contribution in [3.8, 4) is 0 Å². The van der Waals surface area contributed by atoms with Crippen molar-refractivity contribution >= 4 is 17.7 Å². The van der Waals surface area contributed by atoms with E-state index in [9.17, 15) is 9.90 Å². The Kier molecular flexibility index (Phi) is 7.05. The zero-order valence-corrected chi connectivity index (χ0v) is 12.8. The maximum absolute atomic E-state index is 11.9. The molecule has 3 N–H and O–H groups in total. The molecule has 5 heteroatoms. The Labute approximate surface area is 124 Å². The van der Waals surface area contributed by atoms with Gasteiger partial charge in [-0.2, -0.15) is 11.8 Å². The van der Waals surface area contributed by atoms with Crippen LogP contribution in [0.4, 0.5) is 0 Å². The first kappa shape index (κ1) is 17.0. The predicted octanol–water partition coefficient (Wildman–Crippen LogP) is 2.08. The van der Waals surface area contributed by atoms with E-state index in [1.54, 1.807) is 11.8 Å². The van der Waals surface area contributed by atoms with E-state index < -0.39 is 11.5 Å². The predicted molar refractivity (Wildman–Crippen MR) is 83.1 cm³/mol. The minimum atomic E-state index is -1.07. The van der Waals surface area contributed by atoms with Crippen LogP contribution in [-0.4, -0.2) is 40.3 Å². The second kappa shape index (κ2) is 8.29. The zero-order chi connectivity index (χ0) is 15.0. The van der Waals surface area contributed by atoms with Crippen molar-refractivity contribution in [2.24, 2.45) is 0 Å². The summed E-state index contributed by atoms with van der Waals surface area (Å²) in [5.74, 6) is 0.454. The molecule has 4 nitrogen and oxygen atoms in total. The molecule has 0 radical (unpaired) electrons. The number of aliphatic hydroxyl groups excluding tert-OH is 1. The minimum absolute atomic E-state index is 0.0640. The van der Waals surface area contributed by atoms with Crippen LogP contribution in [0.2, 0.25) is 0 Å². The molecule has 0 aromatic heterocycles. The smallest absolute Gasteiger partial charge is 0.328 e. The summed E-state index contributed by atoms with van der Waals surface area (Å²) in [6, 6.07) is 9.35. The van der Waals surface area contributed by atoms with Crippen molar-refractivity contribution in [1.29, 1.82) is 0 Å². The van der Waals surface area contributed by atoms with E-state index in [0.717, 1.165) is 5.56 Å². The summed E-state index contributed by atoms with van der Waals surface area (Å²) in [7, 11) is 0. The van der Waals surface area contributed by atoms with Crippen LogP contribution < -0.4 is 5.32 Å². The van der Waals surface area contributed by atoms with Gasteiger partial charge in [-0.25, -0.2) is 4.79 Å². The van der Waals surface area contributed by atoms with Crippen LogP contribution in [0, 0.1) is 0 Å². The molecule has 1 aromatic rings. The fourth-order valence-electron chi connectivity index (χ4n) is 2.20. The molecule has 0 heterocycles. The number of benzene rings is 1. The Morgan fingerprint density at radius 2 is 1.95 bits per heavy atom. The summed E-state index contributed by atoms with van der Waals surface area (Å²) in [5, 5.41) is 21.8. The van der Waals surface area contributed by atoms with Gasteiger partial charge in [0.2, 0.25) is 0 Å². The van der Waals surface area contributed by atoms with E-state index in [1.165, 1.54) is 0 Å². The van der Waals surface area contributed by atoms with Crippen LogP contribution in [0.5, 0.6) is 0 Å². The van der Waals surface area contributed by atoms with Crippen LogP contribution in [-0.2, 0) is 10.3 Å². The molecule has 0 aliphatic carbocycles. The van der Waals surface area contributed by atoms with Crippen LogP contribution in [0.25, 0.3) is 0 Å². The van der Waals surface area contributed by atoms with Gasteiger partial charge in [0.25, 0.3) is 0 Å². The van der Waals surface area contributed by atoms with E-state index in [4.69, 9.17) is 5.11 Å². The van der Waals surface area contributed by atoms with Crippen LogP contribution >= 0.6 is 11.8 Å². The van der Waals surface area contributed by atoms with E-state index in [2.05, 4.69) is 5.32 Å². The third kappa shape index (κ3) is 4.51. The number of carboxylic acid groups (broad SMARTS) is 1. The molecule has 0 saturated carbocycles. The maximum Gasteiger partial charge on any atom is 0.328 e. The third-order valence-electron chi connectivity index (χ3n) is 3.02. The van der Waals surface area contributed by atoms with E-state index in [0.29, 0.717) is 17.9 Å². The topological polar surface area (TPSA) is 69.6 Å². The standard InChI is InChI=1S/C15H23NO3S/c1-12(2)16-15(14(18)19,8-10-20-11-9-17)13-6-4-3-5-7-13/h3-7,12,16-17H,8-11H2,1-2H3,(H,18,19). The highest BCUT2D eigenvalue weighted by molar-refractivity contribution is 7.99. The Morgan fingerprint density at radius 1 is 1.30 bits per heavy atom. The van der Waals surface area contributed by atoms with E-state index in [-0.39, 0.29) is 12.6 Å². The number of aliphatic carboxylic acids is 1. The van der Waals surface area contributed by atoms with Gasteiger partial charge < -0.3 is 10.2 Å². The van der Waals surface area contributed by atoms with Gasteiger partial charge in [0.15, 0.2) is 0 Å². The molecule has 0 saturated heterocycles. The molecule has 0 aliphatic heterocycles. The lowest BCUT2D eigenvalue weighted by Crippen LogP contribution is -2.52. The number of thioether (sulfide) groups is 1. The molecule has 1 aromatic carbocycles. The fraction of sp³-hybridized carbons (Fsp3) is 0.533. The van der Waals surface area contributed by atoms with Gasteiger partial charge >= 0.3 is 5.97 Å². The molecule has 0 amide bonds. The number of carbonyl (C=O) groups is 1. The number of rotatable bonds is 9. The SMILES string of the molecule is CC(C)NC(CCSCCO)(C(=O)O)c1ccccc1. The van der Waals surface area contributed by atoms with Gasteiger partial charge in [-0.1, -0.05) is 30.3 Å². The third-order valence-corrected chi connectivity index (χ3v) is 3.99. The number of hydrogen-bond acceptors (Lipinski definition) is 4. The Hall–Kier alpha value is -1.04. The first-order chi connectivity index (χ1) is 9.53. The summed E-state index contributed by atoms with van der Waals surface area (Å²) < 4.78 is 0. The van der Waals surface area contributed by atoms with E-state index >= 15 is 0 Å². The van der Waals surface area contributed by atoms with Crippen molar-refractivity contribution in [1.82, 2.24) is 5.32 Å².